The van der Waals surface area contributed by atoms with Gasteiger partial charge in [-0.15, -0.1) is 0 Å². The summed E-state index contributed by atoms with van der Waals surface area (Å²) in [6, 6.07) is 0.908. The zero-order valence-electron chi connectivity index (χ0n) is 11.7. The maximum atomic E-state index is 12.6. The first-order valence-electron chi connectivity index (χ1n) is 6.28. The minimum absolute atomic E-state index is 0.0135. The smallest absolute Gasteiger partial charge is 0.247 e. The first kappa shape index (κ1) is 16.9. The summed E-state index contributed by atoms with van der Waals surface area (Å²) in [6.07, 6.45) is 0.316. The maximum absolute atomic E-state index is 12.6. The molecule has 10 heteroatoms. The van der Waals surface area contributed by atoms with Crippen molar-refractivity contribution in [3.05, 3.63) is 16.5 Å². The highest BCUT2D eigenvalue weighted by molar-refractivity contribution is 9.10. The fourth-order valence-corrected chi connectivity index (χ4v) is 6.46. The Morgan fingerprint density at radius 2 is 2.19 bits per heavy atom. The highest BCUT2D eigenvalue weighted by atomic mass is 79.9. The lowest BCUT2D eigenvalue weighted by Crippen LogP contribution is -2.37. The topological polar surface area (TPSA) is 96.7 Å². The van der Waals surface area contributed by atoms with Crippen LogP contribution in [0.3, 0.4) is 0 Å². The van der Waals surface area contributed by atoms with Gasteiger partial charge in [-0.3, -0.25) is 0 Å². The molecule has 0 amide bonds. The van der Waals surface area contributed by atoms with Gasteiger partial charge in [0.2, 0.25) is 10.0 Å². The second-order valence-electron chi connectivity index (χ2n) is 4.96. The van der Waals surface area contributed by atoms with Gasteiger partial charge in [0.25, 0.3) is 0 Å². The van der Waals surface area contributed by atoms with Crippen molar-refractivity contribution in [3.63, 3.8) is 0 Å². The molecule has 0 spiro atoms. The monoisotopic (exact) mass is 400 g/mol. The molecular formula is C11H17BrN2O5S2. The van der Waals surface area contributed by atoms with Crippen LogP contribution >= 0.6 is 15.9 Å². The standard InChI is InChI=1S/C11H17BrN2O5S2/c1-13-6-9-5-10(11(12)19-9)21(17,18)14(2)8-3-4-20(15,16)7-8/h5,8,13H,3-4,6-7H2,1-2H3. The third-order valence-corrected chi connectivity index (χ3v) is 7.95. The Kier molecular flexibility index (Phi) is 4.84. The molecule has 0 radical (unpaired) electrons. The van der Waals surface area contributed by atoms with Crippen molar-refractivity contribution in [1.29, 1.82) is 0 Å². The van der Waals surface area contributed by atoms with Crippen LogP contribution in [-0.2, 0) is 26.4 Å². The van der Waals surface area contributed by atoms with Crippen LogP contribution < -0.4 is 5.32 Å². The van der Waals surface area contributed by atoms with E-state index in [4.69, 9.17) is 4.42 Å². The summed E-state index contributed by atoms with van der Waals surface area (Å²) in [4.78, 5) is 0.0135. The predicted molar refractivity (Wildman–Crippen MR) is 81.2 cm³/mol. The lowest BCUT2D eigenvalue weighted by molar-refractivity contribution is 0.392. The summed E-state index contributed by atoms with van der Waals surface area (Å²) in [5.74, 6) is 0.367. The summed E-state index contributed by atoms with van der Waals surface area (Å²) in [6.45, 7) is 0.398. The molecule has 1 atom stereocenters. The van der Waals surface area contributed by atoms with Gasteiger partial charge in [-0.1, -0.05) is 0 Å². The van der Waals surface area contributed by atoms with Gasteiger partial charge in [0, 0.05) is 19.2 Å². The zero-order valence-corrected chi connectivity index (χ0v) is 14.9. The lowest BCUT2D eigenvalue weighted by atomic mass is 10.3. The van der Waals surface area contributed by atoms with Crippen molar-refractivity contribution in [2.45, 2.75) is 23.9 Å². The van der Waals surface area contributed by atoms with Crippen molar-refractivity contribution in [2.24, 2.45) is 0 Å². The lowest BCUT2D eigenvalue weighted by Gasteiger charge is -2.22. The number of halogens is 1. The Morgan fingerprint density at radius 1 is 1.52 bits per heavy atom. The van der Waals surface area contributed by atoms with Crippen LogP contribution in [0.5, 0.6) is 0 Å². The summed E-state index contributed by atoms with van der Waals surface area (Å²) in [5, 5.41) is 2.87. The average Bonchev–Trinajstić information content (AvgIpc) is 2.92. The second kappa shape index (κ2) is 5.99. The van der Waals surface area contributed by atoms with E-state index in [0.29, 0.717) is 18.7 Å². The molecule has 21 heavy (non-hydrogen) atoms. The fourth-order valence-electron chi connectivity index (χ4n) is 2.25. The molecule has 0 bridgehead atoms. The molecule has 0 aromatic carbocycles. The van der Waals surface area contributed by atoms with Crippen molar-refractivity contribution in [3.8, 4) is 0 Å². The molecule has 0 aliphatic carbocycles. The molecule has 1 aromatic heterocycles. The van der Waals surface area contributed by atoms with E-state index in [1.54, 1.807) is 7.05 Å². The Hall–Kier alpha value is -0.420. The largest absolute Gasteiger partial charge is 0.452 e. The summed E-state index contributed by atoms with van der Waals surface area (Å²) in [7, 11) is -3.82. The van der Waals surface area contributed by atoms with E-state index in [2.05, 4.69) is 21.2 Å². The van der Waals surface area contributed by atoms with Gasteiger partial charge in [0.15, 0.2) is 14.5 Å². The van der Waals surface area contributed by atoms with Crippen molar-refractivity contribution in [1.82, 2.24) is 9.62 Å². The van der Waals surface area contributed by atoms with E-state index in [9.17, 15) is 16.8 Å². The number of hydrogen-bond donors (Lipinski definition) is 1. The minimum atomic E-state index is -3.80. The quantitative estimate of drug-likeness (QED) is 0.775. The average molecular weight is 401 g/mol. The number of sulfonamides is 1. The first-order chi connectivity index (χ1) is 9.67. The molecule has 1 saturated heterocycles. The molecule has 0 saturated carbocycles. The van der Waals surface area contributed by atoms with Gasteiger partial charge in [-0.2, -0.15) is 4.31 Å². The van der Waals surface area contributed by atoms with Crippen molar-refractivity contribution in [2.75, 3.05) is 25.6 Å². The SMILES string of the molecule is CNCc1cc(S(=O)(=O)N(C)C2CCS(=O)(=O)C2)c(Br)o1. The molecule has 1 aromatic rings. The summed E-state index contributed by atoms with van der Waals surface area (Å²) >= 11 is 3.10. The van der Waals surface area contributed by atoms with E-state index < -0.39 is 25.9 Å². The van der Waals surface area contributed by atoms with E-state index in [0.717, 1.165) is 4.31 Å². The van der Waals surface area contributed by atoms with Gasteiger partial charge in [0.1, 0.15) is 10.7 Å². The molecule has 7 nitrogen and oxygen atoms in total. The predicted octanol–water partition coefficient (Wildman–Crippen LogP) is 0.569. The number of sulfone groups is 1. The Morgan fingerprint density at radius 3 is 2.71 bits per heavy atom. The normalized spacial score (nSPS) is 22.0. The van der Waals surface area contributed by atoms with Gasteiger partial charge in [-0.25, -0.2) is 16.8 Å². The van der Waals surface area contributed by atoms with Crippen molar-refractivity contribution < 1.29 is 21.3 Å². The Balaban J connectivity index is 2.29. The van der Waals surface area contributed by atoms with Crippen LogP contribution in [0.25, 0.3) is 0 Å². The van der Waals surface area contributed by atoms with E-state index in [1.807, 2.05) is 0 Å². The van der Waals surface area contributed by atoms with E-state index >= 15 is 0 Å². The molecule has 1 unspecified atom stereocenters. The van der Waals surface area contributed by atoms with Gasteiger partial charge in [-0.05, 0) is 29.4 Å². The van der Waals surface area contributed by atoms with Crippen LogP contribution in [0.4, 0.5) is 0 Å². The number of hydrogen-bond acceptors (Lipinski definition) is 6. The van der Waals surface area contributed by atoms with Crippen LogP contribution in [0.2, 0.25) is 0 Å². The van der Waals surface area contributed by atoms with E-state index in [-0.39, 0.29) is 21.1 Å². The molecule has 2 rings (SSSR count). The molecule has 1 fully saturated rings. The zero-order chi connectivity index (χ0) is 15.8. The van der Waals surface area contributed by atoms with Crippen LogP contribution in [0, 0.1) is 0 Å². The van der Waals surface area contributed by atoms with Crippen LogP contribution in [0.1, 0.15) is 12.2 Å². The van der Waals surface area contributed by atoms with E-state index in [1.165, 1.54) is 13.1 Å². The third-order valence-electron chi connectivity index (χ3n) is 3.44. The fraction of sp³-hybridized carbons (Fsp3) is 0.636. The Labute approximate surface area is 132 Å². The van der Waals surface area contributed by atoms with Crippen molar-refractivity contribution >= 4 is 35.8 Å². The molecule has 1 aliphatic heterocycles. The highest BCUT2D eigenvalue weighted by Crippen LogP contribution is 2.30. The van der Waals surface area contributed by atoms with Crippen LogP contribution in [-0.4, -0.2) is 52.8 Å². The first-order valence-corrected chi connectivity index (χ1v) is 10.3. The number of rotatable bonds is 5. The Bertz CT molecular complexity index is 726. The van der Waals surface area contributed by atoms with Crippen LogP contribution in [0.15, 0.2) is 20.0 Å². The third kappa shape index (κ3) is 3.50. The van der Waals surface area contributed by atoms with Gasteiger partial charge < -0.3 is 9.73 Å². The molecule has 2 heterocycles. The molecular weight excluding hydrogens is 384 g/mol. The minimum Gasteiger partial charge on any atom is -0.452 e. The summed E-state index contributed by atoms with van der Waals surface area (Å²) in [5.41, 5.74) is 0. The number of nitrogens with zero attached hydrogens (tertiary/aromatic N) is 1. The highest BCUT2D eigenvalue weighted by Gasteiger charge is 2.38. The van der Waals surface area contributed by atoms with Gasteiger partial charge in [0.05, 0.1) is 18.1 Å². The maximum Gasteiger partial charge on any atom is 0.247 e. The number of nitrogens with one attached hydrogen (secondary N) is 1. The summed E-state index contributed by atoms with van der Waals surface area (Å²) < 4.78 is 54.8. The van der Waals surface area contributed by atoms with Gasteiger partial charge >= 0.3 is 0 Å². The second-order valence-corrected chi connectivity index (χ2v) is 9.87. The molecule has 1 aliphatic rings. The molecule has 120 valence electrons. The molecule has 1 N–H and O–H groups in total. The number of furan rings is 1.